The second-order valence-corrected chi connectivity index (χ2v) is 8.23. The number of carboxylic acid groups (broad SMARTS) is 1. The lowest BCUT2D eigenvalue weighted by molar-refractivity contribution is -0.137. The van der Waals surface area contributed by atoms with E-state index < -0.39 is 5.97 Å². The maximum atomic E-state index is 10.5. The molecule has 5 heteroatoms. The van der Waals surface area contributed by atoms with Gasteiger partial charge >= 0.3 is 5.97 Å². The zero-order chi connectivity index (χ0) is 18.4. The Balaban J connectivity index is 1.44. The van der Waals surface area contributed by atoms with Gasteiger partial charge in [0.05, 0.1) is 24.9 Å². The van der Waals surface area contributed by atoms with Crippen LogP contribution in [0.5, 0.6) is 0 Å². The number of aliphatic hydroxyl groups excluding tert-OH is 1. The van der Waals surface area contributed by atoms with Crippen LogP contribution >= 0.6 is 0 Å². The molecule has 2 aliphatic heterocycles. The lowest BCUT2D eigenvalue weighted by Crippen LogP contribution is -2.30. The molecule has 0 spiro atoms. The molecule has 3 rings (SSSR count). The van der Waals surface area contributed by atoms with Crippen LogP contribution in [0.1, 0.15) is 64.2 Å². The fraction of sp³-hybridized carbons (Fsp3) is 0.857. The summed E-state index contributed by atoms with van der Waals surface area (Å²) in [5.41, 5.74) is 0. The largest absolute Gasteiger partial charge is 0.481 e. The van der Waals surface area contributed by atoms with E-state index in [1.807, 2.05) is 6.08 Å². The van der Waals surface area contributed by atoms with Crippen LogP contribution in [0.2, 0.25) is 0 Å². The molecule has 3 aliphatic rings. The summed E-state index contributed by atoms with van der Waals surface area (Å²) in [4.78, 5) is 10.5. The fourth-order valence-electron chi connectivity index (χ4n) is 4.87. The van der Waals surface area contributed by atoms with Crippen molar-refractivity contribution >= 4 is 5.97 Å². The average molecular weight is 366 g/mol. The summed E-state index contributed by atoms with van der Waals surface area (Å²) in [6.45, 7) is 1.28. The molecule has 0 aromatic carbocycles. The number of hydrogen-bond donors (Lipinski definition) is 2. The summed E-state index contributed by atoms with van der Waals surface area (Å²) in [7, 11) is 0. The molecular formula is C21H34O5. The van der Waals surface area contributed by atoms with Gasteiger partial charge in [0.25, 0.3) is 0 Å². The zero-order valence-electron chi connectivity index (χ0n) is 15.7. The molecule has 0 aromatic rings. The SMILES string of the molecule is O=C(O)CCCCOC[C@@H]1[C@H](/C=C/C(O)C2CCCCC2)[C@@H]2CC[C@H]1O2. The van der Waals surface area contributed by atoms with Crippen LogP contribution in [0.4, 0.5) is 0 Å². The van der Waals surface area contributed by atoms with E-state index in [0.29, 0.717) is 37.4 Å². The number of ether oxygens (including phenoxy) is 2. The van der Waals surface area contributed by atoms with E-state index in [1.54, 1.807) is 0 Å². The Hall–Kier alpha value is -0.910. The van der Waals surface area contributed by atoms with Crippen LogP contribution in [-0.4, -0.2) is 47.7 Å². The number of aliphatic carboxylic acids is 1. The Morgan fingerprint density at radius 3 is 2.65 bits per heavy atom. The monoisotopic (exact) mass is 366 g/mol. The highest BCUT2D eigenvalue weighted by molar-refractivity contribution is 5.66. The Kier molecular flexibility index (Phi) is 7.52. The van der Waals surface area contributed by atoms with Crippen molar-refractivity contribution in [2.75, 3.05) is 13.2 Å². The van der Waals surface area contributed by atoms with Gasteiger partial charge in [-0.1, -0.05) is 31.4 Å². The van der Waals surface area contributed by atoms with Gasteiger partial charge in [-0.3, -0.25) is 4.79 Å². The fourth-order valence-corrected chi connectivity index (χ4v) is 4.87. The molecule has 2 bridgehead atoms. The normalized spacial score (nSPS) is 33.1. The Morgan fingerprint density at radius 2 is 1.88 bits per heavy atom. The van der Waals surface area contributed by atoms with E-state index in [9.17, 15) is 9.90 Å². The molecular weight excluding hydrogens is 332 g/mol. The summed E-state index contributed by atoms with van der Waals surface area (Å²) in [5, 5.41) is 19.2. The molecule has 0 radical (unpaired) electrons. The predicted octanol–water partition coefficient (Wildman–Crippen LogP) is 3.55. The van der Waals surface area contributed by atoms with Crippen LogP contribution in [0.25, 0.3) is 0 Å². The van der Waals surface area contributed by atoms with Crippen LogP contribution in [0.3, 0.4) is 0 Å². The second-order valence-electron chi connectivity index (χ2n) is 8.23. The number of unbranched alkanes of at least 4 members (excludes halogenated alkanes) is 1. The van der Waals surface area contributed by atoms with Crippen molar-refractivity contribution < 1.29 is 24.5 Å². The van der Waals surface area contributed by atoms with Crippen molar-refractivity contribution in [1.29, 1.82) is 0 Å². The van der Waals surface area contributed by atoms with E-state index in [2.05, 4.69) is 6.08 Å². The molecule has 2 saturated heterocycles. The summed E-state index contributed by atoms with van der Waals surface area (Å²) < 4.78 is 11.9. The summed E-state index contributed by atoms with van der Waals surface area (Å²) in [6, 6.07) is 0. The van der Waals surface area contributed by atoms with Crippen LogP contribution in [0, 0.1) is 17.8 Å². The number of fused-ring (bicyclic) bond motifs is 2. The smallest absolute Gasteiger partial charge is 0.303 e. The van der Waals surface area contributed by atoms with E-state index in [1.165, 1.54) is 19.3 Å². The highest BCUT2D eigenvalue weighted by Crippen LogP contribution is 2.44. The van der Waals surface area contributed by atoms with E-state index in [-0.39, 0.29) is 24.7 Å². The lowest BCUT2D eigenvalue weighted by atomic mass is 9.78. The summed E-state index contributed by atoms with van der Waals surface area (Å²) in [6.07, 6.45) is 14.4. The third kappa shape index (κ3) is 5.30. The van der Waals surface area contributed by atoms with Crippen molar-refractivity contribution in [2.45, 2.75) is 82.5 Å². The first kappa shape index (κ1) is 19.8. The first-order valence-electron chi connectivity index (χ1n) is 10.5. The van der Waals surface area contributed by atoms with Crippen molar-refractivity contribution in [1.82, 2.24) is 0 Å². The number of carboxylic acids is 1. The van der Waals surface area contributed by atoms with E-state index in [4.69, 9.17) is 14.6 Å². The Morgan fingerprint density at radius 1 is 1.12 bits per heavy atom. The van der Waals surface area contributed by atoms with Gasteiger partial charge in [0.15, 0.2) is 0 Å². The van der Waals surface area contributed by atoms with Crippen LogP contribution < -0.4 is 0 Å². The minimum atomic E-state index is -0.742. The van der Waals surface area contributed by atoms with Gasteiger partial charge in [0, 0.05) is 24.9 Å². The molecule has 0 amide bonds. The van der Waals surface area contributed by atoms with E-state index >= 15 is 0 Å². The number of aliphatic hydroxyl groups is 1. The molecule has 148 valence electrons. The van der Waals surface area contributed by atoms with Crippen molar-refractivity contribution in [2.24, 2.45) is 17.8 Å². The molecule has 2 heterocycles. The Bertz CT molecular complexity index is 471. The van der Waals surface area contributed by atoms with Gasteiger partial charge in [0.1, 0.15) is 0 Å². The standard InChI is InChI=1S/C21H34O5/c22-18(15-6-2-1-3-7-15)10-9-16-17(20-12-11-19(16)26-20)14-25-13-5-4-8-21(23)24/h9-10,15-20,22H,1-8,11-14H2,(H,23,24)/b10-9+/t16-,17+,18?,19-,20+/m0/s1. The molecule has 1 saturated carbocycles. The van der Waals surface area contributed by atoms with E-state index in [0.717, 1.165) is 32.1 Å². The van der Waals surface area contributed by atoms with Crippen LogP contribution in [-0.2, 0) is 14.3 Å². The number of carbonyl (C=O) groups is 1. The van der Waals surface area contributed by atoms with Gasteiger partial charge < -0.3 is 19.7 Å². The van der Waals surface area contributed by atoms with Crippen molar-refractivity contribution in [3.05, 3.63) is 12.2 Å². The highest BCUT2D eigenvalue weighted by atomic mass is 16.5. The minimum absolute atomic E-state index is 0.213. The quantitative estimate of drug-likeness (QED) is 0.457. The number of rotatable bonds is 10. The highest BCUT2D eigenvalue weighted by Gasteiger charge is 2.47. The van der Waals surface area contributed by atoms with Gasteiger partial charge in [-0.05, 0) is 44.4 Å². The molecule has 5 atom stereocenters. The first-order valence-corrected chi connectivity index (χ1v) is 10.5. The lowest BCUT2D eigenvalue weighted by Gasteiger charge is -2.27. The average Bonchev–Trinajstić information content (AvgIpc) is 3.24. The first-order chi connectivity index (χ1) is 12.6. The van der Waals surface area contributed by atoms with Gasteiger partial charge in [-0.25, -0.2) is 0 Å². The third-order valence-electron chi connectivity index (χ3n) is 6.39. The third-order valence-corrected chi connectivity index (χ3v) is 6.39. The predicted molar refractivity (Wildman–Crippen MR) is 98.9 cm³/mol. The van der Waals surface area contributed by atoms with Gasteiger partial charge in [-0.2, -0.15) is 0 Å². The molecule has 1 unspecified atom stereocenters. The molecule has 26 heavy (non-hydrogen) atoms. The molecule has 5 nitrogen and oxygen atoms in total. The minimum Gasteiger partial charge on any atom is -0.481 e. The summed E-state index contributed by atoms with van der Waals surface area (Å²) in [5.74, 6) is 0.380. The topological polar surface area (TPSA) is 76.0 Å². The van der Waals surface area contributed by atoms with Crippen LogP contribution in [0.15, 0.2) is 12.2 Å². The molecule has 3 fully saturated rings. The zero-order valence-corrected chi connectivity index (χ0v) is 15.7. The number of hydrogen-bond acceptors (Lipinski definition) is 4. The maximum absolute atomic E-state index is 10.5. The van der Waals surface area contributed by atoms with Gasteiger partial charge in [0.2, 0.25) is 0 Å². The maximum Gasteiger partial charge on any atom is 0.303 e. The van der Waals surface area contributed by atoms with Crippen molar-refractivity contribution in [3.63, 3.8) is 0 Å². The van der Waals surface area contributed by atoms with Gasteiger partial charge in [-0.15, -0.1) is 0 Å². The molecule has 1 aliphatic carbocycles. The Labute approximate surface area is 156 Å². The second kappa shape index (κ2) is 9.86. The summed E-state index contributed by atoms with van der Waals surface area (Å²) >= 11 is 0. The molecule has 0 aromatic heterocycles. The molecule has 2 N–H and O–H groups in total. The van der Waals surface area contributed by atoms with Crippen molar-refractivity contribution in [3.8, 4) is 0 Å².